The summed E-state index contributed by atoms with van der Waals surface area (Å²) >= 11 is 0. The van der Waals surface area contributed by atoms with Crippen LogP contribution in [0.15, 0.2) is 121 Å². The fourth-order valence-corrected chi connectivity index (χ4v) is 7.39. The molecule has 1 aliphatic carbocycles. The van der Waals surface area contributed by atoms with Crippen LogP contribution in [-0.4, -0.2) is 50.4 Å². The van der Waals surface area contributed by atoms with Gasteiger partial charge < -0.3 is 14.2 Å². The summed E-state index contributed by atoms with van der Waals surface area (Å²) in [6.45, 7) is 5.83. The maximum absolute atomic E-state index is 12.3. The minimum absolute atomic E-state index is 0.142. The number of benzene rings is 5. The second kappa shape index (κ2) is 18.7. The number of ether oxygens (including phenoxy) is 3. The van der Waals surface area contributed by atoms with Gasteiger partial charge in [-0.25, -0.2) is 4.79 Å². The number of hydrogen-bond acceptors (Lipinski definition) is 5. The first-order valence-corrected chi connectivity index (χ1v) is 19.0. The molecule has 5 aromatic rings. The number of fused-ring (bicyclic) bond motifs is 2. The van der Waals surface area contributed by atoms with E-state index in [0.29, 0.717) is 26.2 Å². The van der Waals surface area contributed by atoms with Gasteiger partial charge in [-0.2, -0.15) is 0 Å². The van der Waals surface area contributed by atoms with Crippen molar-refractivity contribution in [3.05, 3.63) is 171 Å². The number of esters is 1. The molecule has 0 aromatic heterocycles. The lowest BCUT2D eigenvalue weighted by molar-refractivity contribution is -0.156. The van der Waals surface area contributed by atoms with Crippen LogP contribution in [0, 0.1) is 0 Å². The number of rotatable bonds is 17. The van der Waals surface area contributed by atoms with Crippen molar-refractivity contribution < 1.29 is 19.0 Å². The van der Waals surface area contributed by atoms with Gasteiger partial charge in [-0.15, -0.1) is 0 Å². The first kappa shape index (κ1) is 37.1. The van der Waals surface area contributed by atoms with Gasteiger partial charge in [-0.3, -0.25) is 4.90 Å². The van der Waals surface area contributed by atoms with E-state index in [2.05, 4.69) is 109 Å². The van der Waals surface area contributed by atoms with Crippen LogP contribution in [0.2, 0.25) is 0 Å². The standard InChI is InChI=1S/C47H53NO4/c1-4-50-45(47(49)51-5-2)34-39-20-26-42(27-21-39)52-31-30-48(3)46-43-28-22-37(18-16-35-12-8-6-9-13-35)32-40(43)24-25-41-33-38(23-29-44(41)46)19-17-36-14-10-7-11-15-36/h6-15,20-23,26-29,32-33,45-46H,4-5,16-19,24-25,30-31,34H2,1-3H3. The van der Waals surface area contributed by atoms with E-state index >= 15 is 0 Å². The highest BCUT2D eigenvalue weighted by Gasteiger charge is 2.27. The van der Waals surface area contributed by atoms with Crippen molar-refractivity contribution >= 4 is 5.97 Å². The van der Waals surface area contributed by atoms with Crippen molar-refractivity contribution in [3.63, 3.8) is 0 Å². The molecule has 5 aromatic carbocycles. The summed E-state index contributed by atoms with van der Waals surface area (Å²) in [6.07, 6.45) is 6.12. The quantitative estimate of drug-likeness (QED) is 0.0910. The number of hydrogen-bond donors (Lipinski definition) is 0. The lowest BCUT2D eigenvalue weighted by atomic mass is 9.90. The zero-order valence-corrected chi connectivity index (χ0v) is 31.1. The molecule has 0 bridgehead atoms. The number of likely N-dealkylation sites (N-methyl/N-ethyl adjacent to an activating group) is 1. The molecule has 270 valence electrons. The molecule has 5 nitrogen and oxygen atoms in total. The molecule has 0 radical (unpaired) electrons. The fourth-order valence-electron chi connectivity index (χ4n) is 7.39. The Labute approximate surface area is 310 Å². The summed E-state index contributed by atoms with van der Waals surface area (Å²) in [6, 6.07) is 44.1. The molecule has 0 saturated heterocycles. The van der Waals surface area contributed by atoms with Crippen LogP contribution in [0.1, 0.15) is 70.0 Å². The van der Waals surface area contributed by atoms with E-state index in [4.69, 9.17) is 14.2 Å². The van der Waals surface area contributed by atoms with E-state index in [9.17, 15) is 4.79 Å². The summed E-state index contributed by atoms with van der Waals surface area (Å²) < 4.78 is 17.2. The monoisotopic (exact) mass is 695 g/mol. The molecule has 0 amide bonds. The molecule has 5 heteroatoms. The summed E-state index contributed by atoms with van der Waals surface area (Å²) in [5.41, 5.74) is 12.3. The highest BCUT2D eigenvalue weighted by atomic mass is 16.6. The third-order valence-electron chi connectivity index (χ3n) is 10.2. The maximum atomic E-state index is 12.3. The van der Waals surface area contributed by atoms with Crippen molar-refractivity contribution in [3.8, 4) is 5.75 Å². The van der Waals surface area contributed by atoms with Gasteiger partial charge >= 0.3 is 5.97 Å². The SMILES string of the molecule is CCOC(=O)C(Cc1ccc(OCCN(C)C2c3ccc(CCc4ccccc4)cc3CCc3cc(CCc4ccccc4)ccc32)cc1)OCC. The zero-order chi connectivity index (χ0) is 36.1. The fraction of sp³-hybridized carbons (Fsp3) is 0.340. The second-order valence-electron chi connectivity index (χ2n) is 13.8. The van der Waals surface area contributed by atoms with Crippen molar-refractivity contribution in [1.82, 2.24) is 4.90 Å². The van der Waals surface area contributed by atoms with Crippen molar-refractivity contribution in [2.24, 2.45) is 0 Å². The molecule has 0 heterocycles. The maximum Gasteiger partial charge on any atom is 0.335 e. The molecular weight excluding hydrogens is 643 g/mol. The minimum Gasteiger partial charge on any atom is -0.492 e. The molecule has 1 unspecified atom stereocenters. The summed E-state index contributed by atoms with van der Waals surface area (Å²) in [5, 5.41) is 0. The third-order valence-corrected chi connectivity index (χ3v) is 10.2. The predicted molar refractivity (Wildman–Crippen MR) is 210 cm³/mol. The summed E-state index contributed by atoms with van der Waals surface area (Å²) in [7, 11) is 2.23. The molecule has 0 spiro atoms. The number of carbonyl (C=O) groups excluding carboxylic acids is 1. The minimum atomic E-state index is -0.601. The van der Waals surface area contributed by atoms with Gasteiger partial charge in [-0.1, -0.05) is 109 Å². The average Bonchev–Trinajstić information content (AvgIpc) is 3.34. The predicted octanol–water partition coefficient (Wildman–Crippen LogP) is 8.97. The van der Waals surface area contributed by atoms with Gasteiger partial charge in [0.05, 0.1) is 12.6 Å². The van der Waals surface area contributed by atoms with Crippen LogP contribution in [0.5, 0.6) is 5.75 Å². The topological polar surface area (TPSA) is 48.0 Å². The molecule has 1 atom stereocenters. The van der Waals surface area contributed by atoms with Gasteiger partial charge in [0.2, 0.25) is 0 Å². The Kier molecular flexibility index (Phi) is 13.3. The van der Waals surface area contributed by atoms with Crippen LogP contribution >= 0.6 is 0 Å². The van der Waals surface area contributed by atoms with Crippen molar-refractivity contribution in [2.45, 2.75) is 70.9 Å². The lowest BCUT2D eigenvalue weighted by Gasteiger charge is -2.31. The van der Waals surface area contributed by atoms with Crippen LogP contribution in [0.25, 0.3) is 0 Å². The molecule has 52 heavy (non-hydrogen) atoms. The lowest BCUT2D eigenvalue weighted by Crippen LogP contribution is -2.30. The number of carbonyl (C=O) groups is 1. The van der Waals surface area contributed by atoms with Crippen molar-refractivity contribution in [1.29, 1.82) is 0 Å². The van der Waals surface area contributed by atoms with E-state index in [1.807, 2.05) is 38.1 Å². The Hall–Kier alpha value is -4.71. The van der Waals surface area contributed by atoms with E-state index in [0.717, 1.165) is 56.4 Å². The van der Waals surface area contributed by atoms with Gasteiger partial charge in [0.15, 0.2) is 6.10 Å². The van der Waals surface area contributed by atoms with Gasteiger partial charge in [0, 0.05) is 19.6 Å². The highest BCUT2D eigenvalue weighted by molar-refractivity contribution is 5.75. The molecular formula is C47H53NO4. The van der Waals surface area contributed by atoms with Crippen LogP contribution in [0.4, 0.5) is 0 Å². The average molecular weight is 696 g/mol. The van der Waals surface area contributed by atoms with Gasteiger partial charge in [0.25, 0.3) is 0 Å². The smallest absolute Gasteiger partial charge is 0.335 e. The number of nitrogens with zero attached hydrogens (tertiary/aromatic N) is 1. The van der Waals surface area contributed by atoms with E-state index in [1.54, 1.807) is 0 Å². The zero-order valence-electron chi connectivity index (χ0n) is 31.1. The molecule has 0 N–H and O–H groups in total. The molecule has 1 aliphatic rings. The summed E-state index contributed by atoms with van der Waals surface area (Å²) in [5.74, 6) is 0.496. The Balaban J connectivity index is 1.16. The largest absolute Gasteiger partial charge is 0.492 e. The number of aryl methyl sites for hydroxylation is 6. The Morgan fingerprint density at radius 2 is 1.17 bits per heavy atom. The highest BCUT2D eigenvalue weighted by Crippen LogP contribution is 2.37. The van der Waals surface area contributed by atoms with Crippen LogP contribution in [0.3, 0.4) is 0 Å². The summed E-state index contributed by atoms with van der Waals surface area (Å²) in [4.78, 5) is 14.8. The third kappa shape index (κ3) is 9.99. The molecule has 6 rings (SSSR count). The van der Waals surface area contributed by atoms with Crippen LogP contribution in [-0.2, 0) is 59.2 Å². The first-order chi connectivity index (χ1) is 25.5. The first-order valence-electron chi connectivity index (χ1n) is 19.0. The van der Waals surface area contributed by atoms with E-state index in [-0.39, 0.29) is 12.0 Å². The van der Waals surface area contributed by atoms with Gasteiger partial charge in [-0.05, 0) is 122 Å². The molecule has 0 saturated carbocycles. The molecule has 0 aliphatic heterocycles. The molecule has 0 fully saturated rings. The Morgan fingerprint density at radius 1 is 0.654 bits per heavy atom. The Bertz CT molecular complexity index is 1760. The second-order valence-corrected chi connectivity index (χ2v) is 13.8. The van der Waals surface area contributed by atoms with E-state index < -0.39 is 6.10 Å². The van der Waals surface area contributed by atoms with Crippen LogP contribution < -0.4 is 4.74 Å². The Morgan fingerprint density at radius 3 is 1.69 bits per heavy atom. The normalized spacial score (nSPS) is 13.2. The van der Waals surface area contributed by atoms with E-state index in [1.165, 1.54) is 44.5 Å². The van der Waals surface area contributed by atoms with Crippen molar-refractivity contribution in [2.75, 3.05) is 33.4 Å². The van der Waals surface area contributed by atoms with Gasteiger partial charge in [0.1, 0.15) is 12.4 Å².